The van der Waals surface area contributed by atoms with Crippen LogP contribution in [-0.4, -0.2) is 36.4 Å². The molecule has 3 heteroatoms. The topological polar surface area (TPSA) is 20.2 Å². The van der Waals surface area contributed by atoms with Crippen molar-refractivity contribution in [3.05, 3.63) is 0 Å². The summed E-state index contributed by atoms with van der Waals surface area (Å²) in [5.74, 6) is 0. The Hall–Kier alpha value is 0.870. The van der Waals surface area contributed by atoms with Gasteiger partial charge in [0, 0.05) is 0 Å². The zero-order chi connectivity index (χ0) is 20.3. The third kappa shape index (κ3) is 14.5. The Balaban J connectivity index is 4.94. The molecule has 0 saturated heterocycles. The average molecular weight is 468 g/mol. The zero-order valence-corrected chi connectivity index (χ0v) is 21.6. The fourth-order valence-electron chi connectivity index (χ4n) is 4.44. The van der Waals surface area contributed by atoms with E-state index in [1.54, 1.807) is 0 Å². The predicted octanol–water partition coefficient (Wildman–Crippen LogP) is 9.14. The van der Waals surface area contributed by atoms with Gasteiger partial charge in [-0.05, 0) is 0 Å². The summed E-state index contributed by atoms with van der Waals surface area (Å²) >= 11 is 4.60. The molecule has 0 bridgehead atoms. The van der Waals surface area contributed by atoms with Gasteiger partial charge in [-0.25, -0.2) is 0 Å². The molecule has 0 fully saturated rings. The van der Waals surface area contributed by atoms with E-state index in [-0.39, 0.29) is 0 Å². The second-order valence-corrected chi connectivity index (χ2v) is 20.5. The van der Waals surface area contributed by atoms with Crippen LogP contribution in [0.2, 0.25) is 0 Å². The van der Waals surface area contributed by atoms with E-state index >= 15 is 0 Å². The van der Waals surface area contributed by atoms with Crippen LogP contribution >= 0.6 is 20.8 Å². The van der Waals surface area contributed by atoms with Crippen molar-refractivity contribution in [3.63, 3.8) is 0 Å². The van der Waals surface area contributed by atoms with E-state index < -0.39 is 5.31 Å². The third-order valence-corrected chi connectivity index (χ3v) is 16.3. The number of aliphatic hydroxyl groups excluding tert-OH is 1. The molecule has 0 atom stereocenters. The number of hydrogen-bond donors (Lipinski definition) is 1. The van der Waals surface area contributed by atoms with Gasteiger partial charge in [0.2, 0.25) is 0 Å². The van der Waals surface area contributed by atoms with Crippen molar-refractivity contribution < 1.29 is 5.11 Å². The van der Waals surface area contributed by atoms with E-state index in [1.807, 2.05) is 0 Å². The first-order valence-electron chi connectivity index (χ1n) is 12.4. The van der Waals surface area contributed by atoms with Crippen LogP contribution in [0.1, 0.15) is 124 Å². The van der Waals surface area contributed by atoms with Crippen molar-refractivity contribution >= 4 is 20.8 Å². The van der Waals surface area contributed by atoms with Crippen molar-refractivity contribution in [2.45, 2.75) is 124 Å². The molecule has 0 amide bonds. The number of unbranched alkanes of at least 4 members (excludes halogenated alkanes) is 12. The van der Waals surface area contributed by atoms with E-state index in [2.05, 4.69) is 36.3 Å². The second-order valence-electron chi connectivity index (χ2n) is 9.03. The van der Waals surface area contributed by atoms with Crippen molar-refractivity contribution in [2.75, 3.05) is 31.3 Å². The van der Waals surface area contributed by atoms with Crippen molar-refractivity contribution in [3.8, 4) is 0 Å². The first kappa shape index (κ1) is 27.9. The summed E-state index contributed by atoms with van der Waals surface area (Å²) in [6, 6.07) is 0. The minimum atomic E-state index is -1.75. The maximum absolute atomic E-state index is 9.07. The van der Waals surface area contributed by atoms with Gasteiger partial charge in [-0.1, -0.05) is 0 Å². The Bertz CT molecular complexity index is 287. The Morgan fingerprint density at radius 1 is 0.481 bits per heavy atom. The molecule has 1 N–H and O–H groups in total. The molecule has 0 radical (unpaired) electrons. The number of aliphatic hydroxyl groups is 1. The fourth-order valence-corrected chi connectivity index (χ4v) is 12.9. The molecule has 0 aromatic heterocycles. The van der Waals surface area contributed by atoms with Gasteiger partial charge in [0.15, 0.2) is 0 Å². The molecular weight excluding hydrogens is 415 g/mol. The molecule has 0 heterocycles. The Morgan fingerprint density at radius 3 is 1.07 bits per heavy atom. The summed E-state index contributed by atoms with van der Waals surface area (Å²) in [6.45, 7) is 7.34. The molecule has 166 valence electrons. The van der Waals surface area contributed by atoms with Crippen LogP contribution < -0.4 is 0 Å². The summed E-state index contributed by atoms with van der Waals surface area (Å²) < 4.78 is 0. The average Bonchev–Trinajstić information content (AvgIpc) is 2.67. The van der Waals surface area contributed by atoms with Crippen molar-refractivity contribution in [1.82, 2.24) is 0 Å². The summed E-state index contributed by atoms with van der Waals surface area (Å²) in [6.07, 6.45) is 27.6. The molecule has 0 spiro atoms. The molecule has 0 aliphatic rings. The molecule has 0 aromatic rings. The normalized spacial score (nSPS) is 13.6. The van der Waals surface area contributed by atoms with Gasteiger partial charge in [-0.15, -0.1) is 0 Å². The van der Waals surface area contributed by atoms with Gasteiger partial charge in [0.1, 0.15) is 0 Å². The summed E-state index contributed by atoms with van der Waals surface area (Å²) in [5.41, 5.74) is 0. The van der Waals surface area contributed by atoms with Crippen LogP contribution in [0.3, 0.4) is 0 Å². The molecule has 0 unspecified atom stereocenters. The van der Waals surface area contributed by atoms with Gasteiger partial charge in [0.05, 0.1) is 0 Å². The first-order chi connectivity index (χ1) is 13.0. The zero-order valence-electron chi connectivity index (χ0n) is 19.1. The van der Waals surface area contributed by atoms with Crippen LogP contribution in [0.25, 0.3) is 0 Å². The molecule has 0 saturated carbocycles. The molecule has 27 heavy (non-hydrogen) atoms. The first-order valence-corrected chi connectivity index (χ1v) is 17.4. The maximum atomic E-state index is 9.07. The number of halogens is 1. The fraction of sp³-hybridized carbons (Fsp3) is 1.00. The standard InChI is InChI=1S/C24H52BrOP/c1-4-7-10-16-21-27(25,22-17-11-8-5-2,23-18-12-9-6-3)24-19-14-13-15-20-26/h26H,4-24H2,1-3H3. The van der Waals surface area contributed by atoms with Gasteiger partial charge in [0.25, 0.3) is 0 Å². The van der Waals surface area contributed by atoms with E-state index in [0.29, 0.717) is 6.61 Å². The van der Waals surface area contributed by atoms with Gasteiger partial charge in [-0.2, -0.15) is 0 Å². The third-order valence-electron chi connectivity index (χ3n) is 6.34. The van der Waals surface area contributed by atoms with Crippen LogP contribution in [0.15, 0.2) is 0 Å². The van der Waals surface area contributed by atoms with Crippen LogP contribution in [-0.2, 0) is 0 Å². The molecule has 0 aromatic carbocycles. The van der Waals surface area contributed by atoms with Gasteiger partial charge in [-0.3, -0.25) is 0 Å². The SMILES string of the molecule is CCCCCCP(Br)(CCCCCC)(CCCCCC)CCCCCCO. The van der Waals surface area contributed by atoms with E-state index in [9.17, 15) is 0 Å². The number of hydrogen-bond acceptors (Lipinski definition) is 1. The number of rotatable bonds is 21. The molecule has 1 nitrogen and oxygen atoms in total. The van der Waals surface area contributed by atoms with Crippen LogP contribution in [0, 0.1) is 0 Å². The van der Waals surface area contributed by atoms with Gasteiger partial charge < -0.3 is 0 Å². The van der Waals surface area contributed by atoms with Crippen LogP contribution in [0.4, 0.5) is 0 Å². The van der Waals surface area contributed by atoms with Crippen molar-refractivity contribution in [2.24, 2.45) is 0 Å². The van der Waals surface area contributed by atoms with Crippen LogP contribution in [0.5, 0.6) is 0 Å². The molecule has 0 aliphatic carbocycles. The minimum absolute atomic E-state index is 0.364. The van der Waals surface area contributed by atoms with E-state index in [4.69, 9.17) is 5.11 Å². The molecule has 0 rings (SSSR count). The van der Waals surface area contributed by atoms with E-state index in [0.717, 1.165) is 6.42 Å². The molecular formula is C24H52BrOP. The Morgan fingerprint density at radius 2 is 0.778 bits per heavy atom. The second kappa shape index (κ2) is 17.7. The summed E-state index contributed by atoms with van der Waals surface area (Å²) in [5, 5.41) is 7.33. The summed E-state index contributed by atoms with van der Waals surface area (Å²) in [7, 11) is 0. The molecule has 0 aliphatic heterocycles. The predicted molar refractivity (Wildman–Crippen MR) is 133 cm³/mol. The quantitative estimate of drug-likeness (QED) is 0.132. The Labute approximate surface area is 180 Å². The summed E-state index contributed by atoms with van der Waals surface area (Å²) in [4.78, 5) is 0. The Kier molecular flexibility index (Phi) is 18.3. The van der Waals surface area contributed by atoms with E-state index in [1.165, 1.54) is 121 Å². The monoisotopic (exact) mass is 466 g/mol. The van der Waals surface area contributed by atoms with Gasteiger partial charge >= 0.3 is 181 Å². The van der Waals surface area contributed by atoms with Crippen molar-refractivity contribution in [1.29, 1.82) is 0 Å².